The highest BCUT2D eigenvalue weighted by molar-refractivity contribution is 5.85. The summed E-state index contributed by atoms with van der Waals surface area (Å²) in [6.07, 6.45) is 3.02. The molecule has 1 unspecified atom stereocenters. The summed E-state index contributed by atoms with van der Waals surface area (Å²) < 4.78 is 10.8. The lowest BCUT2D eigenvalue weighted by Gasteiger charge is -2.24. The molecule has 0 saturated heterocycles. The van der Waals surface area contributed by atoms with Crippen LogP contribution < -0.4 is 4.74 Å². The molecule has 0 N–H and O–H groups in total. The van der Waals surface area contributed by atoms with Crippen LogP contribution in [0.2, 0.25) is 0 Å². The molecule has 0 aliphatic carbocycles. The summed E-state index contributed by atoms with van der Waals surface area (Å²) in [5.74, 6) is 0.466. The lowest BCUT2D eigenvalue weighted by molar-refractivity contribution is -0.167. The Morgan fingerprint density at radius 1 is 1.28 bits per heavy atom. The van der Waals surface area contributed by atoms with Gasteiger partial charge in [0.2, 0.25) is 0 Å². The fourth-order valence-corrected chi connectivity index (χ4v) is 1.42. The van der Waals surface area contributed by atoms with E-state index in [1.807, 2.05) is 51.1 Å². The number of benzene rings is 1. The van der Waals surface area contributed by atoms with Gasteiger partial charge >= 0.3 is 5.97 Å². The molecule has 0 saturated carbocycles. The van der Waals surface area contributed by atoms with Crippen molar-refractivity contribution in [2.45, 2.75) is 27.1 Å². The standard InChI is InChI=1S/C14H16O3.ClH/c1-14(2,3)13(15)17-12-9-8-10-6-4-5-7-11(10)16-12;/h4-9,12H,1-3H3;1H. The maximum atomic E-state index is 11.7. The molecule has 0 aromatic heterocycles. The SMILES string of the molecule is CC(C)(C)C(=O)OC1C=Cc2ccccc2O1.Cl. The molecule has 0 spiro atoms. The zero-order valence-corrected chi connectivity index (χ0v) is 11.5. The minimum atomic E-state index is -0.628. The normalized spacial score (nSPS) is 17.2. The van der Waals surface area contributed by atoms with Gasteiger partial charge in [0.1, 0.15) is 5.75 Å². The number of hydrogen-bond acceptors (Lipinski definition) is 3. The van der Waals surface area contributed by atoms with E-state index in [1.54, 1.807) is 6.08 Å². The van der Waals surface area contributed by atoms with E-state index in [9.17, 15) is 4.79 Å². The number of fused-ring (bicyclic) bond motifs is 1. The average molecular weight is 269 g/mol. The summed E-state index contributed by atoms with van der Waals surface area (Å²) in [6.45, 7) is 5.45. The Hall–Kier alpha value is -1.48. The van der Waals surface area contributed by atoms with Crippen molar-refractivity contribution in [1.29, 1.82) is 0 Å². The first-order valence-electron chi connectivity index (χ1n) is 5.62. The quantitative estimate of drug-likeness (QED) is 0.732. The van der Waals surface area contributed by atoms with E-state index in [1.165, 1.54) is 0 Å². The molecule has 2 rings (SSSR count). The van der Waals surface area contributed by atoms with Gasteiger partial charge in [-0.05, 0) is 39.0 Å². The van der Waals surface area contributed by atoms with Crippen LogP contribution in [0, 0.1) is 5.41 Å². The highest BCUT2D eigenvalue weighted by Gasteiger charge is 2.27. The lowest BCUT2D eigenvalue weighted by atomic mass is 9.97. The molecule has 1 aromatic carbocycles. The van der Waals surface area contributed by atoms with E-state index in [0.29, 0.717) is 0 Å². The van der Waals surface area contributed by atoms with Crippen LogP contribution in [0.25, 0.3) is 6.08 Å². The van der Waals surface area contributed by atoms with Crippen molar-refractivity contribution in [2.24, 2.45) is 5.41 Å². The first-order chi connectivity index (χ1) is 7.97. The largest absolute Gasteiger partial charge is 0.450 e. The van der Waals surface area contributed by atoms with Crippen LogP contribution >= 0.6 is 12.4 Å². The van der Waals surface area contributed by atoms with Crippen LogP contribution in [0.3, 0.4) is 0 Å². The van der Waals surface area contributed by atoms with Crippen LogP contribution in [0.4, 0.5) is 0 Å². The van der Waals surface area contributed by atoms with Gasteiger partial charge in [-0.3, -0.25) is 4.79 Å². The number of carbonyl (C=O) groups is 1. The molecular weight excluding hydrogens is 252 g/mol. The van der Waals surface area contributed by atoms with Gasteiger partial charge < -0.3 is 9.47 Å². The molecule has 18 heavy (non-hydrogen) atoms. The average Bonchev–Trinajstić information content (AvgIpc) is 2.27. The molecule has 1 aliphatic rings. The molecule has 98 valence electrons. The first kappa shape index (κ1) is 14.6. The number of rotatable bonds is 1. The summed E-state index contributed by atoms with van der Waals surface area (Å²) in [5.41, 5.74) is 0.476. The predicted octanol–water partition coefficient (Wildman–Crippen LogP) is 3.43. The molecule has 1 aromatic rings. The molecule has 0 radical (unpaired) electrons. The molecule has 3 nitrogen and oxygen atoms in total. The third-order valence-corrected chi connectivity index (χ3v) is 2.43. The van der Waals surface area contributed by atoms with Gasteiger partial charge in [0.25, 0.3) is 6.29 Å². The molecule has 1 atom stereocenters. The van der Waals surface area contributed by atoms with E-state index in [0.717, 1.165) is 11.3 Å². The van der Waals surface area contributed by atoms with E-state index < -0.39 is 11.7 Å². The molecular formula is C14H17ClO3. The number of ether oxygens (including phenoxy) is 2. The predicted molar refractivity (Wildman–Crippen MR) is 72.7 cm³/mol. The third kappa shape index (κ3) is 3.26. The Morgan fingerprint density at radius 2 is 1.94 bits per heavy atom. The molecule has 1 aliphatic heterocycles. The van der Waals surface area contributed by atoms with E-state index in [2.05, 4.69) is 0 Å². The summed E-state index contributed by atoms with van der Waals surface area (Å²) in [7, 11) is 0. The number of esters is 1. The van der Waals surface area contributed by atoms with Gasteiger partial charge in [-0.1, -0.05) is 18.2 Å². The van der Waals surface area contributed by atoms with Crippen molar-refractivity contribution in [2.75, 3.05) is 0 Å². The Morgan fingerprint density at radius 3 is 2.61 bits per heavy atom. The maximum absolute atomic E-state index is 11.7. The van der Waals surface area contributed by atoms with Gasteiger partial charge in [0.05, 0.1) is 5.41 Å². The van der Waals surface area contributed by atoms with Crippen LogP contribution in [-0.2, 0) is 9.53 Å². The zero-order chi connectivity index (χ0) is 12.5. The maximum Gasteiger partial charge on any atom is 0.314 e. The van der Waals surface area contributed by atoms with Crippen molar-refractivity contribution in [3.63, 3.8) is 0 Å². The Bertz CT molecular complexity index is 460. The van der Waals surface area contributed by atoms with Gasteiger partial charge in [-0.15, -0.1) is 12.4 Å². The third-order valence-electron chi connectivity index (χ3n) is 2.43. The molecule has 4 heteroatoms. The number of carbonyl (C=O) groups excluding carboxylic acids is 1. The van der Waals surface area contributed by atoms with Gasteiger partial charge in [-0.2, -0.15) is 0 Å². The van der Waals surface area contributed by atoms with Gasteiger partial charge in [0.15, 0.2) is 0 Å². The molecule has 0 bridgehead atoms. The van der Waals surface area contributed by atoms with Crippen LogP contribution in [0.5, 0.6) is 5.75 Å². The smallest absolute Gasteiger partial charge is 0.314 e. The topological polar surface area (TPSA) is 35.5 Å². The van der Waals surface area contributed by atoms with Crippen molar-refractivity contribution in [3.8, 4) is 5.75 Å². The monoisotopic (exact) mass is 268 g/mol. The van der Waals surface area contributed by atoms with Gasteiger partial charge in [0, 0.05) is 5.56 Å². The van der Waals surface area contributed by atoms with E-state index >= 15 is 0 Å². The minimum Gasteiger partial charge on any atom is -0.450 e. The van der Waals surface area contributed by atoms with Crippen molar-refractivity contribution < 1.29 is 14.3 Å². The molecule has 0 fully saturated rings. The Balaban J connectivity index is 0.00000162. The molecule has 1 heterocycles. The number of halogens is 1. The highest BCUT2D eigenvalue weighted by atomic mass is 35.5. The second-order valence-electron chi connectivity index (χ2n) is 5.04. The summed E-state index contributed by atoms with van der Waals surface area (Å²) >= 11 is 0. The molecule has 0 amide bonds. The highest BCUT2D eigenvalue weighted by Crippen LogP contribution is 2.27. The van der Waals surface area contributed by atoms with Crippen LogP contribution in [0.15, 0.2) is 30.3 Å². The first-order valence-corrected chi connectivity index (χ1v) is 5.62. The minimum absolute atomic E-state index is 0. The zero-order valence-electron chi connectivity index (χ0n) is 10.7. The van der Waals surface area contributed by atoms with Gasteiger partial charge in [-0.25, -0.2) is 0 Å². The number of para-hydroxylation sites is 1. The summed E-state index contributed by atoms with van der Waals surface area (Å²) in [5, 5.41) is 0. The van der Waals surface area contributed by atoms with Crippen LogP contribution in [0.1, 0.15) is 26.3 Å². The summed E-state index contributed by atoms with van der Waals surface area (Å²) in [6, 6.07) is 7.64. The second kappa shape index (κ2) is 5.44. The van der Waals surface area contributed by atoms with Crippen molar-refractivity contribution in [1.82, 2.24) is 0 Å². The second-order valence-corrected chi connectivity index (χ2v) is 5.04. The van der Waals surface area contributed by atoms with Crippen molar-refractivity contribution in [3.05, 3.63) is 35.9 Å². The summed E-state index contributed by atoms with van der Waals surface area (Å²) in [4.78, 5) is 11.7. The van der Waals surface area contributed by atoms with Crippen LogP contribution in [-0.4, -0.2) is 12.3 Å². The van der Waals surface area contributed by atoms with E-state index in [-0.39, 0.29) is 18.4 Å². The number of hydrogen-bond donors (Lipinski definition) is 0. The van der Waals surface area contributed by atoms with Crippen molar-refractivity contribution >= 4 is 24.5 Å². The Labute approximate surface area is 113 Å². The van der Waals surface area contributed by atoms with E-state index in [4.69, 9.17) is 9.47 Å². The lowest BCUT2D eigenvalue weighted by Crippen LogP contribution is -2.31. The fraction of sp³-hybridized carbons (Fsp3) is 0.357. The fourth-order valence-electron chi connectivity index (χ4n) is 1.42. The Kier molecular flexibility index (Phi) is 4.41.